The van der Waals surface area contributed by atoms with Crippen molar-refractivity contribution in [1.29, 1.82) is 0 Å². The van der Waals surface area contributed by atoms with Crippen LogP contribution in [-0.4, -0.2) is 62.7 Å². The van der Waals surface area contributed by atoms with Crippen molar-refractivity contribution < 1.29 is 18.4 Å². The Labute approximate surface area is 169 Å². The molecule has 0 amide bonds. The van der Waals surface area contributed by atoms with Gasteiger partial charge in [-0.15, -0.1) is 0 Å². The second-order valence-electron chi connectivity index (χ2n) is 6.93. The molecule has 10 heteroatoms. The molecular weight excluding hydrogens is 396 g/mol. The van der Waals surface area contributed by atoms with E-state index >= 15 is 0 Å². The molecule has 1 saturated heterocycles. The molecule has 0 atom stereocenters. The Morgan fingerprint density at radius 3 is 2.34 bits per heavy atom. The van der Waals surface area contributed by atoms with Gasteiger partial charge in [-0.05, 0) is 31.2 Å². The van der Waals surface area contributed by atoms with Gasteiger partial charge in [0.2, 0.25) is 0 Å². The molecule has 0 saturated carbocycles. The Bertz CT molecular complexity index is 971. The number of aliphatic hydroxyl groups is 1. The van der Waals surface area contributed by atoms with E-state index in [1.165, 1.54) is 24.3 Å². The summed E-state index contributed by atoms with van der Waals surface area (Å²) >= 11 is 0. The minimum atomic E-state index is -3.84. The molecule has 9 nitrogen and oxygen atoms in total. The normalized spacial score (nSPS) is 15.3. The topological polar surface area (TPSA) is 116 Å². The molecule has 156 valence electrons. The van der Waals surface area contributed by atoms with Gasteiger partial charge < -0.3 is 10.0 Å². The van der Waals surface area contributed by atoms with Crippen molar-refractivity contribution in [2.75, 3.05) is 49.0 Å². The average molecular weight is 420 g/mol. The summed E-state index contributed by atoms with van der Waals surface area (Å²) in [5.74, 6) is 0. The van der Waals surface area contributed by atoms with Crippen LogP contribution in [0.2, 0.25) is 0 Å². The van der Waals surface area contributed by atoms with Gasteiger partial charge in [-0.25, -0.2) is 8.42 Å². The first kappa shape index (κ1) is 21.0. The number of nitrogens with zero attached hydrogens (tertiary/aromatic N) is 3. The number of nitrogens with one attached hydrogen (secondary N) is 1. The van der Waals surface area contributed by atoms with Crippen LogP contribution in [0.4, 0.5) is 17.1 Å². The lowest BCUT2D eigenvalue weighted by Crippen LogP contribution is -2.47. The van der Waals surface area contributed by atoms with Crippen LogP contribution in [0.5, 0.6) is 0 Å². The molecule has 3 rings (SSSR count). The highest BCUT2D eigenvalue weighted by atomic mass is 32.2. The highest BCUT2D eigenvalue weighted by molar-refractivity contribution is 7.92. The van der Waals surface area contributed by atoms with Crippen molar-refractivity contribution >= 4 is 27.1 Å². The summed E-state index contributed by atoms with van der Waals surface area (Å²) in [6.45, 7) is 5.09. The number of hydrogen-bond donors (Lipinski definition) is 2. The first-order valence-electron chi connectivity index (χ1n) is 9.26. The third-order valence-corrected chi connectivity index (χ3v) is 6.28. The maximum Gasteiger partial charge on any atom is 0.294 e. The second-order valence-corrected chi connectivity index (χ2v) is 8.61. The maximum absolute atomic E-state index is 12.6. The second kappa shape index (κ2) is 8.76. The van der Waals surface area contributed by atoms with Gasteiger partial charge in [0.15, 0.2) is 0 Å². The predicted molar refractivity (Wildman–Crippen MR) is 111 cm³/mol. The molecule has 2 aromatic rings. The minimum absolute atomic E-state index is 0.0793. The molecule has 0 aromatic heterocycles. The highest BCUT2D eigenvalue weighted by Gasteiger charge is 2.25. The van der Waals surface area contributed by atoms with Crippen molar-refractivity contribution in [2.45, 2.75) is 11.8 Å². The number of β-amino-alcohol motifs (C(OH)–C–C–N with tert-alkyl or cyclic N) is 1. The largest absolute Gasteiger partial charge is 0.395 e. The molecule has 1 aliphatic rings. The lowest BCUT2D eigenvalue weighted by Gasteiger charge is -2.35. The van der Waals surface area contributed by atoms with Gasteiger partial charge in [0.05, 0.1) is 22.1 Å². The number of nitro groups is 1. The number of nitro benzene ring substituents is 1. The number of sulfonamides is 1. The Balaban J connectivity index is 1.81. The highest BCUT2D eigenvalue weighted by Crippen LogP contribution is 2.32. The number of aliphatic hydroxyl groups excluding tert-OH is 1. The molecule has 29 heavy (non-hydrogen) atoms. The van der Waals surface area contributed by atoms with E-state index in [2.05, 4.69) is 9.62 Å². The van der Waals surface area contributed by atoms with Gasteiger partial charge in [0.25, 0.3) is 15.7 Å². The van der Waals surface area contributed by atoms with Gasteiger partial charge >= 0.3 is 0 Å². The Morgan fingerprint density at radius 1 is 1.10 bits per heavy atom. The fraction of sp³-hybridized carbons (Fsp3) is 0.368. The Hall–Kier alpha value is -2.69. The molecule has 0 unspecified atom stereocenters. The van der Waals surface area contributed by atoms with Crippen molar-refractivity contribution in [3.05, 3.63) is 58.1 Å². The average Bonchev–Trinajstić information content (AvgIpc) is 2.69. The van der Waals surface area contributed by atoms with E-state index in [0.717, 1.165) is 5.56 Å². The smallest absolute Gasteiger partial charge is 0.294 e. The first-order valence-corrected chi connectivity index (χ1v) is 10.7. The fourth-order valence-corrected chi connectivity index (χ4v) is 4.34. The summed E-state index contributed by atoms with van der Waals surface area (Å²) in [6.07, 6.45) is 0. The van der Waals surface area contributed by atoms with Gasteiger partial charge in [-0.1, -0.05) is 17.7 Å². The quantitative estimate of drug-likeness (QED) is 0.518. The van der Waals surface area contributed by atoms with Crippen molar-refractivity contribution in [3.63, 3.8) is 0 Å². The number of benzene rings is 2. The summed E-state index contributed by atoms with van der Waals surface area (Å²) in [4.78, 5) is 15.2. The fourth-order valence-electron chi connectivity index (χ4n) is 3.29. The number of hydrogen-bond acceptors (Lipinski definition) is 7. The number of aryl methyl sites for hydroxylation is 1. The van der Waals surface area contributed by atoms with Crippen LogP contribution >= 0.6 is 0 Å². The van der Waals surface area contributed by atoms with Crippen LogP contribution in [0.1, 0.15) is 5.56 Å². The van der Waals surface area contributed by atoms with Crippen LogP contribution in [0.15, 0.2) is 47.4 Å². The van der Waals surface area contributed by atoms with Crippen LogP contribution in [-0.2, 0) is 10.0 Å². The summed E-state index contributed by atoms with van der Waals surface area (Å²) < 4.78 is 27.5. The Morgan fingerprint density at radius 2 is 1.76 bits per heavy atom. The summed E-state index contributed by atoms with van der Waals surface area (Å²) in [5.41, 5.74) is 1.38. The van der Waals surface area contributed by atoms with E-state index in [9.17, 15) is 18.5 Å². The molecule has 1 heterocycles. The van der Waals surface area contributed by atoms with E-state index in [-0.39, 0.29) is 22.9 Å². The number of anilines is 2. The molecule has 0 bridgehead atoms. The number of piperazine rings is 1. The Kier molecular flexibility index (Phi) is 6.36. The first-order chi connectivity index (χ1) is 13.8. The molecule has 2 aromatic carbocycles. The van der Waals surface area contributed by atoms with Gasteiger partial charge in [-0.3, -0.25) is 19.7 Å². The maximum atomic E-state index is 12.6. The van der Waals surface area contributed by atoms with E-state index in [4.69, 9.17) is 5.11 Å². The third kappa shape index (κ3) is 5.03. The van der Waals surface area contributed by atoms with E-state index < -0.39 is 14.9 Å². The molecule has 0 aliphatic carbocycles. The molecule has 1 aliphatic heterocycles. The summed E-state index contributed by atoms with van der Waals surface area (Å²) in [5, 5.41) is 20.7. The lowest BCUT2D eigenvalue weighted by molar-refractivity contribution is -0.384. The monoisotopic (exact) mass is 420 g/mol. The minimum Gasteiger partial charge on any atom is -0.395 e. The molecule has 2 N–H and O–H groups in total. The standard InChI is InChI=1S/C19H24N4O5S/c1-15-2-5-17(6-3-15)29(27,28)20-16-4-7-18(19(14-16)23(25)26)22-10-8-21(9-11-22)12-13-24/h2-7,14,20,24H,8-13H2,1H3. The van der Waals surface area contributed by atoms with Crippen molar-refractivity contribution in [2.24, 2.45) is 0 Å². The SMILES string of the molecule is Cc1ccc(S(=O)(=O)Nc2ccc(N3CCN(CCO)CC3)c([N+](=O)[O-])c2)cc1. The summed E-state index contributed by atoms with van der Waals surface area (Å²) in [7, 11) is -3.84. The molecule has 0 radical (unpaired) electrons. The van der Waals surface area contributed by atoms with Crippen LogP contribution < -0.4 is 9.62 Å². The predicted octanol–water partition coefficient (Wildman–Crippen LogP) is 1.82. The number of rotatable bonds is 7. The van der Waals surface area contributed by atoms with Crippen molar-refractivity contribution in [3.8, 4) is 0 Å². The van der Waals surface area contributed by atoms with Crippen molar-refractivity contribution in [1.82, 2.24) is 4.90 Å². The molecule has 1 fully saturated rings. The summed E-state index contributed by atoms with van der Waals surface area (Å²) in [6, 6.07) is 10.7. The van der Waals surface area contributed by atoms with Crippen LogP contribution in [0.3, 0.4) is 0 Å². The van der Waals surface area contributed by atoms with E-state index in [0.29, 0.717) is 38.4 Å². The third-order valence-electron chi connectivity index (χ3n) is 4.88. The van der Waals surface area contributed by atoms with Gasteiger partial charge in [0.1, 0.15) is 5.69 Å². The van der Waals surface area contributed by atoms with Crippen LogP contribution in [0, 0.1) is 17.0 Å². The van der Waals surface area contributed by atoms with Gasteiger partial charge in [-0.2, -0.15) is 0 Å². The molecular formula is C19H24N4O5S. The lowest BCUT2D eigenvalue weighted by atomic mass is 10.2. The van der Waals surface area contributed by atoms with Gasteiger partial charge in [0, 0.05) is 38.8 Å². The zero-order valence-corrected chi connectivity index (χ0v) is 16.9. The zero-order valence-electron chi connectivity index (χ0n) is 16.1. The molecule has 0 spiro atoms. The van der Waals surface area contributed by atoms with Crippen LogP contribution in [0.25, 0.3) is 0 Å². The van der Waals surface area contributed by atoms with E-state index in [1.54, 1.807) is 18.2 Å². The van der Waals surface area contributed by atoms with E-state index in [1.807, 2.05) is 11.8 Å². The zero-order chi connectivity index (χ0) is 21.0.